The van der Waals surface area contributed by atoms with E-state index >= 15 is 0 Å². The van der Waals surface area contributed by atoms with Crippen LogP contribution in [0.25, 0.3) is 0 Å². The molecule has 1 amide bonds. The lowest BCUT2D eigenvalue weighted by atomic mass is 9.86. The van der Waals surface area contributed by atoms with Crippen LogP contribution in [0.4, 0.5) is 0 Å². The summed E-state index contributed by atoms with van der Waals surface area (Å²) in [4.78, 5) is 22.9. The molecular formula is C17H27N3O3. The molecule has 2 atom stereocenters. The van der Waals surface area contributed by atoms with Crippen molar-refractivity contribution in [1.29, 1.82) is 0 Å². The quantitative estimate of drug-likeness (QED) is 0.891. The Bertz CT molecular complexity index is 544. The largest absolute Gasteiger partial charge is 0.393 e. The summed E-state index contributed by atoms with van der Waals surface area (Å²) < 4.78 is 5.51. The number of aliphatic hydroxyl groups excluding tert-OH is 1. The summed E-state index contributed by atoms with van der Waals surface area (Å²) in [6.07, 6.45) is 3.60. The number of likely N-dealkylation sites (tertiary alicyclic amines) is 1. The third-order valence-electron chi connectivity index (χ3n) is 5.39. The van der Waals surface area contributed by atoms with Gasteiger partial charge in [0.25, 0.3) is 0 Å². The highest BCUT2D eigenvalue weighted by Crippen LogP contribution is 2.36. The Morgan fingerprint density at radius 2 is 2.00 bits per heavy atom. The lowest BCUT2D eigenvalue weighted by Crippen LogP contribution is -2.39. The highest BCUT2D eigenvalue weighted by molar-refractivity contribution is 5.79. The Morgan fingerprint density at radius 1 is 1.30 bits per heavy atom. The van der Waals surface area contributed by atoms with Crippen molar-refractivity contribution in [2.45, 2.75) is 64.2 Å². The SMILES string of the molecule is CO[C@@H]1C[C@@H](c2nc(C)c(C)[nH]2)N(C(=O)C2CCC(O)CC2)C1. The number of amides is 1. The Kier molecular flexibility index (Phi) is 4.73. The number of aromatic amines is 1. The smallest absolute Gasteiger partial charge is 0.226 e. The molecule has 6 heteroatoms. The molecule has 128 valence electrons. The Hall–Kier alpha value is -1.40. The number of ether oxygens (including phenoxy) is 1. The second kappa shape index (κ2) is 6.61. The summed E-state index contributed by atoms with van der Waals surface area (Å²) in [5, 5.41) is 9.66. The van der Waals surface area contributed by atoms with Gasteiger partial charge in [-0.05, 0) is 39.5 Å². The maximum absolute atomic E-state index is 13.0. The van der Waals surface area contributed by atoms with E-state index < -0.39 is 0 Å². The molecule has 1 aromatic rings. The summed E-state index contributed by atoms with van der Waals surface area (Å²) in [5.74, 6) is 1.07. The van der Waals surface area contributed by atoms with E-state index in [0.29, 0.717) is 6.54 Å². The van der Waals surface area contributed by atoms with E-state index in [1.54, 1.807) is 7.11 Å². The van der Waals surface area contributed by atoms with Crippen molar-refractivity contribution in [1.82, 2.24) is 14.9 Å². The van der Waals surface area contributed by atoms with Gasteiger partial charge in [-0.1, -0.05) is 0 Å². The first-order valence-corrected chi connectivity index (χ1v) is 8.54. The Labute approximate surface area is 137 Å². The minimum absolute atomic E-state index is 0.0219. The summed E-state index contributed by atoms with van der Waals surface area (Å²) in [6.45, 7) is 4.61. The molecule has 2 aliphatic rings. The molecule has 2 fully saturated rings. The third kappa shape index (κ3) is 3.28. The molecule has 2 N–H and O–H groups in total. The number of aliphatic hydroxyl groups is 1. The zero-order valence-electron chi connectivity index (χ0n) is 14.2. The van der Waals surface area contributed by atoms with Crippen LogP contribution in [0.3, 0.4) is 0 Å². The average molecular weight is 321 g/mol. The molecule has 1 saturated carbocycles. The van der Waals surface area contributed by atoms with E-state index in [9.17, 15) is 9.90 Å². The van der Waals surface area contributed by atoms with Crippen molar-refractivity contribution >= 4 is 5.91 Å². The van der Waals surface area contributed by atoms with Gasteiger partial charge in [-0.3, -0.25) is 4.79 Å². The number of carbonyl (C=O) groups excluding carboxylic acids is 1. The fourth-order valence-electron chi connectivity index (χ4n) is 3.76. The van der Waals surface area contributed by atoms with Crippen molar-refractivity contribution in [3.8, 4) is 0 Å². The molecule has 0 unspecified atom stereocenters. The van der Waals surface area contributed by atoms with Gasteiger partial charge in [-0.15, -0.1) is 0 Å². The van der Waals surface area contributed by atoms with Gasteiger partial charge in [0.05, 0.1) is 23.9 Å². The topological polar surface area (TPSA) is 78.5 Å². The molecule has 3 rings (SSSR count). The second-order valence-electron chi connectivity index (χ2n) is 6.94. The van der Waals surface area contributed by atoms with Gasteiger partial charge < -0.3 is 19.7 Å². The molecule has 6 nitrogen and oxygen atoms in total. The first-order chi connectivity index (χ1) is 11.0. The number of nitrogens with one attached hydrogen (secondary N) is 1. The van der Waals surface area contributed by atoms with Crippen molar-refractivity contribution in [2.24, 2.45) is 5.92 Å². The maximum atomic E-state index is 13.0. The summed E-state index contributed by atoms with van der Waals surface area (Å²) in [5.41, 5.74) is 2.03. The first kappa shape index (κ1) is 16.5. The summed E-state index contributed by atoms with van der Waals surface area (Å²) in [7, 11) is 1.70. The van der Waals surface area contributed by atoms with Crippen LogP contribution in [0.5, 0.6) is 0 Å². The van der Waals surface area contributed by atoms with E-state index in [2.05, 4.69) is 9.97 Å². The van der Waals surface area contributed by atoms with E-state index in [1.807, 2.05) is 18.7 Å². The van der Waals surface area contributed by atoms with Crippen molar-refractivity contribution in [3.05, 3.63) is 17.2 Å². The van der Waals surface area contributed by atoms with E-state index in [1.165, 1.54) is 0 Å². The van der Waals surface area contributed by atoms with Gasteiger partial charge in [-0.2, -0.15) is 0 Å². The standard InChI is InChI=1S/C17H27N3O3/c1-10-11(2)19-16(18-10)15-8-14(23-3)9-20(15)17(22)12-4-6-13(21)7-5-12/h12-15,21H,4-9H2,1-3H3,(H,18,19)/t12?,13?,14-,15+/m1/s1. The monoisotopic (exact) mass is 321 g/mol. The molecular weight excluding hydrogens is 294 g/mol. The van der Waals surface area contributed by atoms with Crippen LogP contribution in [-0.4, -0.2) is 51.7 Å². The van der Waals surface area contributed by atoms with Crippen LogP contribution < -0.4 is 0 Å². The van der Waals surface area contributed by atoms with Gasteiger partial charge in [-0.25, -0.2) is 4.98 Å². The van der Waals surface area contributed by atoms with Crippen LogP contribution in [0.2, 0.25) is 0 Å². The number of methoxy groups -OCH3 is 1. The van der Waals surface area contributed by atoms with Gasteiger partial charge in [0.15, 0.2) is 0 Å². The van der Waals surface area contributed by atoms with Crippen molar-refractivity contribution < 1.29 is 14.6 Å². The number of hydrogen-bond acceptors (Lipinski definition) is 4. The molecule has 0 radical (unpaired) electrons. The van der Waals surface area contributed by atoms with Crippen molar-refractivity contribution in [3.63, 3.8) is 0 Å². The molecule has 1 aliphatic carbocycles. The Balaban J connectivity index is 1.78. The van der Waals surface area contributed by atoms with E-state index in [4.69, 9.17) is 4.74 Å². The molecule has 1 aliphatic heterocycles. The normalized spacial score (nSPS) is 31.6. The molecule has 1 saturated heterocycles. The highest BCUT2D eigenvalue weighted by atomic mass is 16.5. The van der Waals surface area contributed by atoms with Crippen LogP contribution in [0.1, 0.15) is 55.4 Å². The summed E-state index contributed by atoms with van der Waals surface area (Å²) >= 11 is 0. The van der Waals surface area contributed by atoms with Crippen LogP contribution in [-0.2, 0) is 9.53 Å². The number of imidazole rings is 1. The fraction of sp³-hybridized carbons (Fsp3) is 0.765. The lowest BCUT2D eigenvalue weighted by Gasteiger charge is -2.31. The number of H-pyrrole nitrogens is 1. The molecule has 2 heterocycles. The third-order valence-corrected chi connectivity index (χ3v) is 5.39. The fourth-order valence-corrected chi connectivity index (χ4v) is 3.76. The van der Waals surface area contributed by atoms with Gasteiger partial charge in [0, 0.05) is 31.7 Å². The number of aryl methyl sites for hydroxylation is 2. The van der Waals surface area contributed by atoms with Crippen molar-refractivity contribution in [2.75, 3.05) is 13.7 Å². The number of hydrogen-bond donors (Lipinski definition) is 2. The molecule has 0 spiro atoms. The number of rotatable bonds is 3. The zero-order chi connectivity index (χ0) is 16.6. The lowest BCUT2D eigenvalue weighted by molar-refractivity contribution is -0.138. The van der Waals surface area contributed by atoms with Crippen LogP contribution >= 0.6 is 0 Å². The van der Waals surface area contributed by atoms with Crippen LogP contribution in [0.15, 0.2) is 0 Å². The minimum Gasteiger partial charge on any atom is -0.393 e. The van der Waals surface area contributed by atoms with Gasteiger partial charge in [0.2, 0.25) is 5.91 Å². The highest BCUT2D eigenvalue weighted by Gasteiger charge is 2.41. The minimum atomic E-state index is -0.240. The maximum Gasteiger partial charge on any atom is 0.226 e. The molecule has 0 aromatic carbocycles. The van der Waals surface area contributed by atoms with Gasteiger partial charge in [0.1, 0.15) is 5.82 Å². The second-order valence-corrected chi connectivity index (χ2v) is 6.94. The Morgan fingerprint density at radius 3 is 2.57 bits per heavy atom. The van der Waals surface area contributed by atoms with Crippen LogP contribution in [0, 0.1) is 19.8 Å². The molecule has 23 heavy (non-hydrogen) atoms. The zero-order valence-corrected chi connectivity index (χ0v) is 14.2. The van der Waals surface area contributed by atoms with E-state index in [-0.39, 0.29) is 30.1 Å². The average Bonchev–Trinajstić information content (AvgIpc) is 3.11. The molecule has 0 bridgehead atoms. The summed E-state index contributed by atoms with van der Waals surface area (Å²) in [6, 6.07) is -0.0355. The number of aromatic nitrogens is 2. The first-order valence-electron chi connectivity index (χ1n) is 8.54. The predicted octanol–water partition coefficient (Wildman–Crippen LogP) is 1.87. The van der Waals surface area contributed by atoms with Gasteiger partial charge >= 0.3 is 0 Å². The predicted molar refractivity (Wildman–Crippen MR) is 85.9 cm³/mol. The molecule has 1 aromatic heterocycles. The number of carbonyl (C=O) groups is 1. The van der Waals surface area contributed by atoms with E-state index in [0.717, 1.165) is 49.3 Å². The number of nitrogens with zero attached hydrogens (tertiary/aromatic N) is 2.